The molecule has 0 aliphatic carbocycles. The molecule has 0 heterocycles. The number of hydrogen-bond donors (Lipinski definition) is 1. The molecule has 1 aromatic rings. The number of halogens is 1. The van der Waals surface area contributed by atoms with Gasteiger partial charge in [-0.05, 0) is 41.8 Å². The Bertz CT molecular complexity index is 523. The predicted molar refractivity (Wildman–Crippen MR) is 70.7 cm³/mol. The van der Waals surface area contributed by atoms with Crippen LogP contribution in [0.1, 0.15) is 20.8 Å². The molecule has 0 aliphatic rings. The van der Waals surface area contributed by atoms with Crippen molar-refractivity contribution in [2.45, 2.75) is 26.3 Å². The van der Waals surface area contributed by atoms with Crippen LogP contribution < -0.4 is 5.73 Å². The van der Waals surface area contributed by atoms with Crippen LogP contribution in [0, 0.1) is 15.3 Å². The molecular weight excluding hydrogens is 304 g/mol. The molecule has 0 atom stereocenters. The minimum atomic E-state index is -0.606. The number of nitro benzene ring substituents is 1. The molecule has 0 fully saturated rings. The highest BCUT2D eigenvalue weighted by molar-refractivity contribution is 9.10. The fraction of sp³-hybridized carbons (Fsp3) is 0.400. The highest BCUT2D eigenvalue weighted by Gasteiger charge is 2.22. The molecule has 2 N–H and O–H groups in total. The van der Waals surface area contributed by atoms with Crippen molar-refractivity contribution in [2.24, 2.45) is 5.11 Å². The lowest BCUT2D eigenvalue weighted by Crippen LogP contribution is -2.13. The van der Waals surface area contributed by atoms with Gasteiger partial charge in [0.05, 0.1) is 15.5 Å². The van der Waals surface area contributed by atoms with E-state index in [0.29, 0.717) is 4.86 Å². The Hall–Kier alpha value is -1.70. The Morgan fingerprint density at radius 1 is 1.33 bits per heavy atom. The SMILES string of the molecule is CC(C)(C)N=[N+]([O-])c1cc([N+](=O)[O-])cc(Br)c1N. The zero-order valence-electron chi connectivity index (χ0n) is 10.2. The van der Waals surface area contributed by atoms with E-state index < -0.39 is 10.5 Å². The van der Waals surface area contributed by atoms with E-state index in [1.807, 2.05) is 0 Å². The van der Waals surface area contributed by atoms with E-state index in [4.69, 9.17) is 5.73 Å². The molecule has 1 rings (SSSR count). The van der Waals surface area contributed by atoms with Crippen molar-refractivity contribution >= 4 is 33.0 Å². The number of rotatable bonds is 2. The van der Waals surface area contributed by atoms with Gasteiger partial charge in [-0.1, -0.05) is 4.86 Å². The second-order valence-electron chi connectivity index (χ2n) is 4.66. The number of non-ortho nitro benzene ring substituents is 1. The predicted octanol–water partition coefficient (Wildman–Crippen LogP) is 3.33. The molecule has 1 aromatic carbocycles. The third kappa shape index (κ3) is 3.39. The minimum Gasteiger partial charge on any atom is -0.594 e. The maximum atomic E-state index is 11.8. The van der Waals surface area contributed by atoms with Gasteiger partial charge in [-0.2, -0.15) is 0 Å². The van der Waals surface area contributed by atoms with E-state index in [9.17, 15) is 15.3 Å². The summed E-state index contributed by atoms with van der Waals surface area (Å²) in [5, 5.41) is 26.4. The van der Waals surface area contributed by atoms with Gasteiger partial charge in [0.25, 0.3) is 11.4 Å². The Balaban J connectivity index is 3.40. The topological polar surface area (TPSA) is 108 Å². The van der Waals surface area contributed by atoms with E-state index in [1.165, 1.54) is 6.07 Å². The highest BCUT2D eigenvalue weighted by Crippen LogP contribution is 2.34. The molecule has 7 nitrogen and oxygen atoms in total. The monoisotopic (exact) mass is 316 g/mol. The third-order valence-electron chi connectivity index (χ3n) is 1.90. The summed E-state index contributed by atoms with van der Waals surface area (Å²) in [4.78, 5) is 10.4. The summed E-state index contributed by atoms with van der Waals surface area (Å²) in [6.07, 6.45) is 0. The van der Waals surface area contributed by atoms with Crippen LogP contribution >= 0.6 is 15.9 Å². The van der Waals surface area contributed by atoms with Crippen LogP contribution in [0.2, 0.25) is 0 Å². The fourth-order valence-electron chi connectivity index (χ4n) is 1.18. The summed E-state index contributed by atoms with van der Waals surface area (Å²) in [5.74, 6) is 0. The molecule has 18 heavy (non-hydrogen) atoms. The van der Waals surface area contributed by atoms with Gasteiger partial charge in [0.1, 0.15) is 11.2 Å². The molecule has 0 bridgehead atoms. The van der Waals surface area contributed by atoms with Crippen molar-refractivity contribution in [2.75, 3.05) is 5.73 Å². The van der Waals surface area contributed by atoms with Gasteiger partial charge in [0.15, 0.2) is 0 Å². The van der Waals surface area contributed by atoms with Crippen LogP contribution in [0.5, 0.6) is 0 Å². The maximum Gasteiger partial charge on any atom is 0.277 e. The van der Waals surface area contributed by atoms with Gasteiger partial charge < -0.3 is 10.9 Å². The molecule has 0 aliphatic heterocycles. The molecule has 0 unspecified atom stereocenters. The Morgan fingerprint density at radius 2 is 1.89 bits per heavy atom. The minimum absolute atomic E-state index is 0.0500. The normalized spacial score (nSPS) is 12.6. The average molecular weight is 317 g/mol. The fourth-order valence-corrected chi connectivity index (χ4v) is 1.62. The Morgan fingerprint density at radius 3 is 2.33 bits per heavy atom. The van der Waals surface area contributed by atoms with Crippen LogP contribution in [-0.2, 0) is 0 Å². The molecule has 0 radical (unpaired) electrons. The lowest BCUT2D eigenvalue weighted by atomic mass is 10.1. The van der Waals surface area contributed by atoms with E-state index in [2.05, 4.69) is 21.0 Å². The van der Waals surface area contributed by atoms with E-state index >= 15 is 0 Å². The van der Waals surface area contributed by atoms with Gasteiger partial charge in [-0.15, -0.1) is 0 Å². The summed E-state index contributed by atoms with van der Waals surface area (Å²) in [6.45, 7) is 5.21. The summed E-state index contributed by atoms with van der Waals surface area (Å²) >= 11 is 3.08. The van der Waals surface area contributed by atoms with Crippen molar-refractivity contribution in [1.82, 2.24) is 0 Å². The number of nitrogen functional groups attached to an aromatic ring is 1. The highest BCUT2D eigenvalue weighted by atomic mass is 79.9. The Kier molecular flexibility index (Phi) is 3.90. The Labute approximate surface area is 112 Å². The zero-order valence-corrected chi connectivity index (χ0v) is 11.8. The number of azo groups is 1. The smallest absolute Gasteiger partial charge is 0.277 e. The number of anilines is 1. The molecule has 0 saturated carbocycles. The molecule has 98 valence electrons. The first-order valence-corrected chi connectivity index (χ1v) is 5.84. The number of nitro groups is 1. The molecule has 0 aromatic heterocycles. The third-order valence-corrected chi connectivity index (χ3v) is 2.56. The molecular formula is C10H13BrN4O3. The van der Waals surface area contributed by atoms with Gasteiger partial charge in [0.2, 0.25) is 0 Å². The van der Waals surface area contributed by atoms with Crippen molar-refractivity contribution in [3.8, 4) is 0 Å². The van der Waals surface area contributed by atoms with E-state index in [0.717, 1.165) is 6.07 Å². The summed E-state index contributed by atoms with van der Waals surface area (Å²) in [6, 6.07) is 2.34. The first-order chi connectivity index (χ1) is 8.11. The van der Waals surface area contributed by atoms with Crippen LogP contribution in [-0.4, -0.2) is 15.3 Å². The summed E-state index contributed by atoms with van der Waals surface area (Å²) in [5.41, 5.74) is 4.93. The lowest BCUT2D eigenvalue weighted by molar-refractivity contribution is -0.449. The number of nitrogens with zero attached hydrogens (tertiary/aromatic N) is 3. The summed E-state index contributed by atoms with van der Waals surface area (Å²) < 4.78 is 0.289. The van der Waals surface area contributed by atoms with Gasteiger partial charge in [0, 0.05) is 6.07 Å². The van der Waals surface area contributed by atoms with Crippen LogP contribution in [0.15, 0.2) is 21.7 Å². The van der Waals surface area contributed by atoms with Crippen LogP contribution in [0.3, 0.4) is 0 Å². The average Bonchev–Trinajstić information content (AvgIpc) is 2.18. The van der Waals surface area contributed by atoms with Crippen molar-refractivity contribution in [3.05, 3.63) is 31.9 Å². The van der Waals surface area contributed by atoms with Crippen molar-refractivity contribution < 1.29 is 9.78 Å². The lowest BCUT2D eigenvalue weighted by Gasteiger charge is -2.11. The largest absolute Gasteiger partial charge is 0.594 e. The first kappa shape index (κ1) is 14.4. The van der Waals surface area contributed by atoms with Crippen molar-refractivity contribution in [1.29, 1.82) is 0 Å². The standard InChI is InChI=1S/C10H13BrN4O3/c1-10(2,3)13-14(16)8-5-6(15(17)18)4-7(11)9(8)12/h4-5H,12H2,1-3H3. The van der Waals surface area contributed by atoms with E-state index in [-0.39, 0.29) is 21.5 Å². The number of benzene rings is 1. The van der Waals surface area contributed by atoms with Gasteiger partial charge in [-0.3, -0.25) is 10.1 Å². The zero-order chi connectivity index (χ0) is 14.1. The summed E-state index contributed by atoms with van der Waals surface area (Å²) in [7, 11) is 0. The molecule has 0 amide bonds. The van der Waals surface area contributed by atoms with E-state index in [1.54, 1.807) is 20.8 Å². The number of hydrogen-bond acceptors (Lipinski definition) is 5. The van der Waals surface area contributed by atoms with Gasteiger partial charge >= 0.3 is 0 Å². The van der Waals surface area contributed by atoms with Gasteiger partial charge in [-0.25, -0.2) is 0 Å². The second kappa shape index (κ2) is 4.89. The second-order valence-corrected chi connectivity index (χ2v) is 5.52. The number of nitrogens with two attached hydrogens (primary N) is 1. The molecule has 0 saturated heterocycles. The van der Waals surface area contributed by atoms with Crippen LogP contribution in [0.4, 0.5) is 17.1 Å². The molecule has 8 heteroatoms. The van der Waals surface area contributed by atoms with Crippen LogP contribution in [0.25, 0.3) is 0 Å². The quantitative estimate of drug-likeness (QED) is 0.297. The van der Waals surface area contributed by atoms with Crippen molar-refractivity contribution in [3.63, 3.8) is 0 Å². The molecule has 0 spiro atoms. The maximum absolute atomic E-state index is 11.8. The first-order valence-electron chi connectivity index (χ1n) is 5.05.